The van der Waals surface area contributed by atoms with Crippen LogP contribution in [0.15, 0.2) is 45.7 Å². The fourth-order valence-electron chi connectivity index (χ4n) is 1.55. The summed E-state index contributed by atoms with van der Waals surface area (Å²) < 4.78 is 5.44. The third-order valence-electron chi connectivity index (χ3n) is 2.45. The standard InChI is InChI=1S/C12H11BrN2O3/c13-11-2-1-9(5-12(11)15(16)17)6-14-7-10-3-4-18-8-10/h1-5,8,14H,6-7H2. The first kappa shape index (κ1) is 12.8. The van der Waals surface area contributed by atoms with E-state index in [1.807, 2.05) is 12.1 Å². The van der Waals surface area contributed by atoms with E-state index >= 15 is 0 Å². The van der Waals surface area contributed by atoms with Crippen molar-refractivity contribution in [2.45, 2.75) is 13.1 Å². The lowest BCUT2D eigenvalue weighted by molar-refractivity contribution is -0.385. The summed E-state index contributed by atoms with van der Waals surface area (Å²) in [6.45, 7) is 1.24. The Morgan fingerprint density at radius 3 is 2.72 bits per heavy atom. The number of benzene rings is 1. The van der Waals surface area contributed by atoms with Gasteiger partial charge in [-0.2, -0.15) is 0 Å². The van der Waals surface area contributed by atoms with Crippen molar-refractivity contribution in [1.29, 1.82) is 0 Å². The molecule has 0 fully saturated rings. The molecule has 94 valence electrons. The number of halogens is 1. The normalized spacial score (nSPS) is 10.5. The Hall–Kier alpha value is -1.66. The number of rotatable bonds is 5. The van der Waals surface area contributed by atoms with Gasteiger partial charge in [0.1, 0.15) is 0 Å². The Balaban J connectivity index is 1.97. The van der Waals surface area contributed by atoms with Crippen molar-refractivity contribution < 1.29 is 9.34 Å². The van der Waals surface area contributed by atoms with Gasteiger partial charge in [0.15, 0.2) is 0 Å². The molecule has 0 spiro atoms. The molecular formula is C12H11BrN2O3. The number of nitro groups is 1. The highest BCUT2D eigenvalue weighted by atomic mass is 79.9. The van der Waals surface area contributed by atoms with Crippen LogP contribution in [0.3, 0.4) is 0 Å². The van der Waals surface area contributed by atoms with Gasteiger partial charge in [-0.25, -0.2) is 0 Å². The maximum absolute atomic E-state index is 10.8. The summed E-state index contributed by atoms with van der Waals surface area (Å²) in [7, 11) is 0. The zero-order valence-corrected chi connectivity index (χ0v) is 11.0. The van der Waals surface area contributed by atoms with E-state index in [9.17, 15) is 10.1 Å². The molecule has 2 rings (SSSR count). The van der Waals surface area contributed by atoms with Gasteiger partial charge in [0.2, 0.25) is 0 Å². The predicted molar refractivity (Wildman–Crippen MR) is 70.0 cm³/mol. The molecule has 5 nitrogen and oxygen atoms in total. The van der Waals surface area contributed by atoms with E-state index in [4.69, 9.17) is 4.42 Å². The minimum atomic E-state index is -0.399. The Bertz CT molecular complexity index is 540. The van der Waals surface area contributed by atoms with Gasteiger partial charge in [0.25, 0.3) is 5.69 Å². The molecule has 0 aliphatic heterocycles. The third kappa shape index (κ3) is 3.18. The largest absolute Gasteiger partial charge is 0.472 e. The average Bonchev–Trinajstić information content (AvgIpc) is 2.84. The van der Waals surface area contributed by atoms with Crippen LogP contribution < -0.4 is 5.32 Å². The van der Waals surface area contributed by atoms with Crippen molar-refractivity contribution >= 4 is 21.6 Å². The smallest absolute Gasteiger partial charge is 0.283 e. The Morgan fingerprint density at radius 1 is 1.28 bits per heavy atom. The fourth-order valence-corrected chi connectivity index (χ4v) is 1.94. The van der Waals surface area contributed by atoms with Crippen molar-refractivity contribution in [1.82, 2.24) is 5.32 Å². The van der Waals surface area contributed by atoms with Gasteiger partial charge >= 0.3 is 0 Å². The van der Waals surface area contributed by atoms with Gasteiger partial charge in [-0.1, -0.05) is 6.07 Å². The van der Waals surface area contributed by atoms with Crippen molar-refractivity contribution in [3.8, 4) is 0 Å². The number of nitro benzene ring substituents is 1. The van der Waals surface area contributed by atoms with Gasteiger partial charge in [0.05, 0.1) is 21.9 Å². The van der Waals surface area contributed by atoms with E-state index in [-0.39, 0.29) is 5.69 Å². The summed E-state index contributed by atoms with van der Waals surface area (Å²) >= 11 is 3.16. The molecule has 2 aromatic rings. The molecule has 0 aliphatic carbocycles. The van der Waals surface area contributed by atoms with Crippen molar-refractivity contribution in [3.05, 3.63) is 62.5 Å². The van der Waals surface area contributed by atoms with Crippen molar-refractivity contribution in [2.24, 2.45) is 0 Å². The van der Waals surface area contributed by atoms with Crippen LogP contribution in [0, 0.1) is 10.1 Å². The quantitative estimate of drug-likeness (QED) is 0.680. The fraction of sp³-hybridized carbons (Fsp3) is 0.167. The number of hydrogen-bond donors (Lipinski definition) is 1. The second kappa shape index (κ2) is 5.79. The Labute approximate surface area is 112 Å². The van der Waals surface area contributed by atoms with Crippen LogP contribution in [0.4, 0.5) is 5.69 Å². The molecule has 1 N–H and O–H groups in total. The molecule has 1 aromatic heterocycles. The number of nitrogens with one attached hydrogen (secondary N) is 1. The lowest BCUT2D eigenvalue weighted by Gasteiger charge is -2.04. The van der Waals surface area contributed by atoms with Crippen LogP contribution >= 0.6 is 15.9 Å². The topological polar surface area (TPSA) is 68.3 Å². The molecule has 0 saturated carbocycles. The van der Waals surface area contributed by atoms with Gasteiger partial charge in [-0.05, 0) is 33.6 Å². The summed E-state index contributed by atoms with van der Waals surface area (Å²) in [5.41, 5.74) is 1.99. The van der Waals surface area contributed by atoms with Gasteiger partial charge in [0, 0.05) is 24.7 Å². The van der Waals surface area contributed by atoms with E-state index < -0.39 is 4.92 Å². The molecular weight excluding hydrogens is 300 g/mol. The second-order valence-corrected chi connectivity index (χ2v) is 4.63. The van der Waals surface area contributed by atoms with Crippen molar-refractivity contribution in [2.75, 3.05) is 0 Å². The monoisotopic (exact) mass is 310 g/mol. The molecule has 1 aromatic carbocycles. The number of hydrogen-bond acceptors (Lipinski definition) is 4. The molecule has 0 atom stereocenters. The Kier molecular flexibility index (Phi) is 4.11. The molecule has 0 aliphatic rings. The number of furan rings is 1. The summed E-state index contributed by atoms with van der Waals surface area (Å²) in [6.07, 6.45) is 3.28. The van der Waals surface area contributed by atoms with E-state index in [0.717, 1.165) is 11.1 Å². The zero-order chi connectivity index (χ0) is 13.0. The van der Waals surface area contributed by atoms with E-state index in [2.05, 4.69) is 21.2 Å². The maximum Gasteiger partial charge on any atom is 0.283 e. The first-order valence-electron chi connectivity index (χ1n) is 5.31. The molecule has 0 amide bonds. The van der Waals surface area contributed by atoms with E-state index in [0.29, 0.717) is 17.6 Å². The van der Waals surface area contributed by atoms with Crippen LogP contribution in [-0.4, -0.2) is 4.92 Å². The van der Waals surface area contributed by atoms with Gasteiger partial charge in [-0.3, -0.25) is 10.1 Å². The first-order chi connectivity index (χ1) is 8.66. The average molecular weight is 311 g/mol. The maximum atomic E-state index is 10.8. The lowest BCUT2D eigenvalue weighted by Crippen LogP contribution is -2.12. The van der Waals surface area contributed by atoms with Crippen LogP contribution in [0.2, 0.25) is 0 Å². The first-order valence-corrected chi connectivity index (χ1v) is 6.11. The molecule has 0 saturated heterocycles. The highest BCUT2D eigenvalue weighted by Gasteiger charge is 2.11. The second-order valence-electron chi connectivity index (χ2n) is 3.78. The molecule has 6 heteroatoms. The summed E-state index contributed by atoms with van der Waals surface area (Å²) in [6, 6.07) is 6.97. The van der Waals surface area contributed by atoms with Crippen LogP contribution in [0.5, 0.6) is 0 Å². The SMILES string of the molecule is O=[N+]([O-])c1cc(CNCc2ccoc2)ccc1Br. The van der Waals surface area contributed by atoms with Crippen LogP contribution in [-0.2, 0) is 13.1 Å². The highest BCUT2D eigenvalue weighted by Crippen LogP contribution is 2.25. The molecule has 0 radical (unpaired) electrons. The van der Waals surface area contributed by atoms with Gasteiger partial charge in [-0.15, -0.1) is 0 Å². The molecule has 18 heavy (non-hydrogen) atoms. The third-order valence-corrected chi connectivity index (χ3v) is 3.12. The molecule has 0 bridgehead atoms. The minimum Gasteiger partial charge on any atom is -0.472 e. The highest BCUT2D eigenvalue weighted by molar-refractivity contribution is 9.10. The van der Waals surface area contributed by atoms with E-state index in [1.165, 1.54) is 0 Å². The van der Waals surface area contributed by atoms with Gasteiger partial charge < -0.3 is 9.73 Å². The number of nitrogens with zero attached hydrogens (tertiary/aromatic N) is 1. The van der Waals surface area contributed by atoms with Crippen LogP contribution in [0.25, 0.3) is 0 Å². The van der Waals surface area contributed by atoms with E-state index in [1.54, 1.807) is 24.7 Å². The van der Waals surface area contributed by atoms with Crippen LogP contribution in [0.1, 0.15) is 11.1 Å². The summed E-state index contributed by atoms with van der Waals surface area (Å²) in [4.78, 5) is 10.4. The zero-order valence-electron chi connectivity index (χ0n) is 9.43. The molecule has 1 heterocycles. The Morgan fingerprint density at radius 2 is 2.06 bits per heavy atom. The minimum absolute atomic E-state index is 0.0811. The predicted octanol–water partition coefficient (Wildman–Crippen LogP) is 3.24. The summed E-state index contributed by atoms with van der Waals surface area (Å²) in [5.74, 6) is 0. The van der Waals surface area contributed by atoms with Crippen molar-refractivity contribution in [3.63, 3.8) is 0 Å². The lowest BCUT2D eigenvalue weighted by atomic mass is 10.2. The summed E-state index contributed by atoms with van der Waals surface area (Å²) in [5, 5.41) is 14.0. The molecule has 0 unspecified atom stereocenters.